The van der Waals surface area contributed by atoms with Crippen LogP contribution in [0.5, 0.6) is 0 Å². The monoisotopic (exact) mass is 254 g/mol. The highest BCUT2D eigenvalue weighted by Gasteiger charge is 2.01. The van der Waals surface area contributed by atoms with Crippen molar-refractivity contribution >= 4 is 17.4 Å². The number of carbonyl (C=O) groups excluding carboxylic acids is 1. The summed E-state index contributed by atoms with van der Waals surface area (Å²) in [5.74, 6) is 0. The second kappa shape index (κ2) is 6.30. The third kappa shape index (κ3) is 3.92. The first-order chi connectivity index (χ1) is 9.25. The number of carbonyl (C=O) groups is 1. The van der Waals surface area contributed by atoms with Crippen molar-refractivity contribution < 1.29 is 4.79 Å². The van der Waals surface area contributed by atoms with E-state index >= 15 is 0 Å². The number of para-hydroxylation sites is 1. The van der Waals surface area contributed by atoms with E-state index in [1.165, 1.54) is 0 Å². The van der Waals surface area contributed by atoms with Crippen molar-refractivity contribution in [1.29, 1.82) is 0 Å². The average Bonchev–Trinajstić information content (AvgIpc) is 2.47. The lowest BCUT2D eigenvalue weighted by molar-refractivity contribution is 0.252. The number of nitrogens with zero attached hydrogens (tertiary/aromatic N) is 2. The third-order valence-electron chi connectivity index (χ3n) is 2.39. The van der Waals surface area contributed by atoms with Crippen molar-refractivity contribution in [2.75, 3.05) is 5.32 Å². The molecule has 0 unspecified atom stereocenters. The van der Waals surface area contributed by atoms with Gasteiger partial charge in [-0.3, -0.25) is 4.98 Å². The summed E-state index contributed by atoms with van der Waals surface area (Å²) in [4.78, 5) is 15.7. The molecule has 1 aromatic carbocycles. The molecular weight excluding hydrogens is 240 g/mol. The van der Waals surface area contributed by atoms with Gasteiger partial charge in [0.25, 0.3) is 0 Å². The van der Waals surface area contributed by atoms with Crippen LogP contribution in [0.15, 0.2) is 59.8 Å². The van der Waals surface area contributed by atoms with Crippen molar-refractivity contribution in [3.8, 4) is 0 Å². The molecular formula is C14H14N4O. The fourth-order valence-corrected chi connectivity index (χ4v) is 1.45. The Labute approximate surface area is 111 Å². The van der Waals surface area contributed by atoms with Crippen molar-refractivity contribution in [1.82, 2.24) is 10.4 Å². The second-order valence-corrected chi connectivity index (χ2v) is 3.84. The van der Waals surface area contributed by atoms with Gasteiger partial charge in [0.15, 0.2) is 0 Å². The third-order valence-corrected chi connectivity index (χ3v) is 2.39. The Bertz CT molecular complexity index is 567. The summed E-state index contributed by atoms with van der Waals surface area (Å²) < 4.78 is 0. The molecule has 96 valence electrons. The maximum absolute atomic E-state index is 11.6. The molecule has 0 saturated heterocycles. The summed E-state index contributed by atoms with van der Waals surface area (Å²) in [6, 6.07) is 14.3. The Balaban J connectivity index is 1.93. The SMILES string of the molecule is C/C(=N\NC(=O)Nc1ccccc1)c1ccccn1. The number of amides is 2. The van der Waals surface area contributed by atoms with Gasteiger partial charge in [0.2, 0.25) is 0 Å². The van der Waals surface area contributed by atoms with Crippen molar-refractivity contribution in [2.45, 2.75) is 6.92 Å². The van der Waals surface area contributed by atoms with Gasteiger partial charge in [-0.2, -0.15) is 5.10 Å². The lowest BCUT2D eigenvalue weighted by atomic mass is 10.3. The van der Waals surface area contributed by atoms with E-state index in [1.807, 2.05) is 36.4 Å². The molecule has 0 fully saturated rings. The van der Waals surface area contributed by atoms with Crippen LogP contribution in [-0.2, 0) is 0 Å². The van der Waals surface area contributed by atoms with Gasteiger partial charge in [0, 0.05) is 11.9 Å². The first-order valence-corrected chi connectivity index (χ1v) is 5.83. The van der Waals surface area contributed by atoms with Gasteiger partial charge in [0.05, 0.1) is 11.4 Å². The van der Waals surface area contributed by atoms with Gasteiger partial charge >= 0.3 is 6.03 Å². The van der Waals surface area contributed by atoms with Crippen LogP contribution in [0, 0.1) is 0 Å². The maximum Gasteiger partial charge on any atom is 0.339 e. The van der Waals surface area contributed by atoms with Crippen LogP contribution in [0.3, 0.4) is 0 Å². The predicted octanol–water partition coefficient (Wildman–Crippen LogP) is 2.63. The van der Waals surface area contributed by atoms with Crippen LogP contribution in [-0.4, -0.2) is 16.7 Å². The Morgan fingerprint density at radius 1 is 1.11 bits per heavy atom. The molecule has 0 aliphatic rings. The molecule has 1 aromatic heterocycles. The van der Waals surface area contributed by atoms with E-state index in [-0.39, 0.29) is 6.03 Å². The molecule has 2 N–H and O–H groups in total. The highest BCUT2D eigenvalue weighted by Crippen LogP contribution is 2.04. The fraction of sp³-hybridized carbons (Fsp3) is 0.0714. The molecule has 0 saturated carbocycles. The number of urea groups is 1. The number of hydrogen-bond donors (Lipinski definition) is 2. The zero-order valence-corrected chi connectivity index (χ0v) is 10.5. The number of hydrogen-bond acceptors (Lipinski definition) is 3. The van der Waals surface area contributed by atoms with Crippen LogP contribution in [0.1, 0.15) is 12.6 Å². The minimum Gasteiger partial charge on any atom is -0.307 e. The zero-order valence-electron chi connectivity index (χ0n) is 10.5. The number of pyridine rings is 1. The molecule has 0 aliphatic heterocycles. The molecule has 2 aromatic rings. The van der Waals surface area contributed by atoms with E-state index in [0.29, 0.717) is 11.4 Å². The Hall–Kier alpha value is -2.69. The first-order valence-electron chi connectivity index (χ1n) is 5.83. The van der Waals surface area contributed by atoms with Gasteiger partial charge in [-0.15, -0.1) is 0 Å². The largest absolute Gasteiger partial charge is 0.339 e. The van der Waals surface area contributed by atoms with Gasteiger partial charge in [0.1, 0.15) is 0 Å². The highest BCUT2D eigenvalue weighted by atomic mass is 16.2. The molecule has 1 heterocycles. The van der Waals surface area contributed by atoms with Gasteiger partial charge in [-0.1, -0.05) is 24.3 Å². The molecule has 0 bridgehead atoms. The van der Waals surface area contributed by atoms with E-state index in [9.17, 15) is 4.79 Å². The minimum absolute atomic E-state index is 0.388. The number of rotatable bonds is 3. The summed E-state index contributed by atoms with van der Waals surface area (Å²) in [5.41, 5.74) is 4.51. The van der Waals surface area contributed by atoms with Crippen molar-refractivity contribution in [3.63, 3.8) is 0 Å². The Kier molecular flexibility index (Phi) is 4.23. The number of anilines is 1. The zero-order chi connectivity index (χ0) is 13.5. The summed E-state index contributed by atoms with van der Waals surface area (Å²) in [5, 5.41) is 6.65. The standard InChI is InChI=1S/C14H14N4O/c1-11(13-9-5-6-10-15-13)17-18-14(19)16-12-7-3-2-4-8-12/h2-10H,1H3,(H2,16,18,19)/b17-11+. The normalized spacial score (nSPS) is 10.9. The van der Waals surface area contributed by atoms with Gasteiger partial charge < -0.3 is 5.32 Å². The molecule has 0 atom stereocenters. The smallest absolute Gasteiger partial charge is 0.307 e. The number of hydrazone groups is 1. The summed E-state index contributed by atoms with van der Waals surface area (Å²) in [6.07, 6.45) is 1.68. The molecule has 0 spiro atoms. The van der Waals surface area contributed by atoms with Gasteiger partial charge in [-0.05, 0) is 31.2 Å². The van der Waals surface area contributed by atoms with Crippen LogP contribution < -0.4 is 10.7 Å². The lowest BCUT2D eigenvalue weighted by Gasteiger charge is -2.04. The quantitative estimate of drug-likeness (QED) is 0.653. The van der Waals surface area contributed by atoms with E-state index in [4.69, 9.17) is 0 Å². The summed E-state index contributed by atoms with van der Waals surface area (Å²) in [6.45, 7) is 1.78. The molecule has 2 amide bonds. The molecule has 2 rings (SSSR count). The first kappa shape index (κ1) is 12.8. The maximum atomic E-state index is 11.6. The van der Waals surface area contributed by atoms with Gasteiger partial charge in [-0.25, -0.2) is 10.2 Å². The number of aromatic nitrogens is 1. The molecule has 5 heteroatoms. The van der Waals surface area contributed by atoms with Crippen LogP contribution in [0.4, 0.5) is 10.5 Å². The van der Waals surface area contributed by atoms with E-state index in [2.05, 4.69) is 20.8 Å². The van der Waals surface area contributed by atoms with Crippen LogP contribution in [0.2, 0.25) is 0 Å². The fourth-order valence-electron chi connectivity index (χ4n) is 1.45. The predicted molar refractivity (Wildman–Crippen MR) is 75.0 cm³/mol. The average molecular weight is 254 g/mol. The van der Waals surface area contributed by atoms with E-state index < -0.39 is 0 Å². The topological polar surface area (TPSA) is 66.4 Å². The Morgan fingerprint density at radius 2 is 1.84 bits per heavy atom. The number of benzene rings is 1. The molecule has 19 heavy (non-hydrogen) atoms. The highest BCUT2D eigenvalue weighted by molar-refractivity contribution is 5.98. The lowest BCUT2D eigenvalue weighted by Crippen LogP contribution is -2.25. The molecule has 0 radical (unpaired) electrons. The number of nitrogens with one attached hydrogen (secondary N) is 2. The van der Waals surface area contributed by atoms with Crippen molar-refractivity contribution in [3.05, 3.63) is 60.4 Å². The molecule has 0 aliphatic carbocycles. The van der Waals surface area contributed by atoms with Crippen molar-refractivity contribution in [2.24, 2.45) is 5.10 Å². The molecule has 5 nitrogen and oxygen atoms in total. The summed E-state index contributed by atoms with van der Waals surface area (Å²) >= 11 is 0. The van der Waals surface area contributed by atoms with E-state index in [1.54, 1.807) is 25.3 Å². The van der Waals surface area contributed by atoms with Crippen LogP contribution in [0.25, 0.3) is 0 Å². The Morgan fingerprint density at radius 3 is 2.53 bits per heavy atom. The van der Waals surface area contributed by atoms with E-state index in [0.717, 1.165) is 5.69 Å². The second-order valence-electron chi connectivity index (χ2n) is 3.84. The minimum atomic E-state index is -0.388. The summed E-state index contributed by atoms with van der Waals surface area (Å²) in [7, 11) is 0. The van der Waals surface area contributed by atoms with Crippen LogP contribution >= 0.6 is 0 Å².